The van der Waals surface area contributed by atoms with Crippen LogP contribution in [0.2, 0.25) is 0 Å². The number of alkyl halides is 3. The number of halogens is 7. The number of rotatable bonds is 2. The molecule has 0 aliphatic carbocycles. The lowest BCUT2D eigenvalue weighted by atomic mass is 10.0. The van der Waals surface area contributed by atoms with Gasteiger partial charge in [0.25, 0.3) is 0 Å². The molecule has 0 bridgehead atoms. The Morgan fingerprint density at radius 1 is 1.22 bits per heavy atom. The van der Waals surface area contributed by atoms with Crippen molar-refractivity contribution in [2.45, 2.75) is 18.6 Å². The van der Waals surface area contributed by atoms with Gasteiger partial charge in [0.1, 0.15) is 5.75 Å². The lowest BCUT2D eigenvalue weighted by Crippen LogP contribution is -2.21. The molecule has 104 valence electrons. The van der Waals surface area contributed by atoms with Crippen LogP contribution < -0.4 is 5.73 Å². The molecule has 0 spiro atoms. The maximum absolute atomic E-state index is 12.3. The summed E-state index contributed by atoms with van der Waals surface area (Å²) in [5.41, 5.74) is 5.68. The molecule has 0 radical (unpaired) electrons. The Bertz CT molecular complexity index is 442. The lowest BCUT2D eigenvalue weighted by molar-refractivity contribution is -0.138. The maximum atomic E-state index is 12.3. The zero-order chi connectivity index (χ0) is 13.4. The summed E-state index contributed by atoms with van der Waals surface area (Å²) in [7, 11) is 0. The molecule has 1 rings (SSSR count). The fraction of sp³-hybridized carbons (Fsp3) is 0.333. The van der Waals surface area contributed by atoms with E-state index in [9.17, 15) is 18.3 Å². The second-order valence-electron chi connectivity index (χ2n) is 3.34. The monoisotopic (exact) mass is 475 g/mol. The van der Waals surface area contributed by atoms with Crippen LogP contribution in [0.15, 0.2) is 19.5 Å². The number of phenolic OH excluding ortho intramolecular Hbond substituents is 1. The molecule has 1 aromatic rings. The fourth-order valence-electron chi connectivity index (χ4n) is 1.29. The molecule has 1 aromatic carbocycles. The zero-order valence-electron chi connectivity index (χ0n) is 8.56. The van der Waals surface area contributed by atoms with Crippen molar-refractivity contribution < 1.29 is 18.3 Å². The van der Waals surface area contributed by atoms with E-state index < -0.39 is 18.6 Å². The van der Waals surface area contributed by atoms with Crippen molar-refractivity contribution >= 4 is 60.2 Å². The second-order valence-corrected chi connectivity index (χ2v) is 5.84. The summed E-state index contributed by atoms with van der Waals surface area (Å²) < 4.78 is 37.7. The summed E-state index contributed by atoms with van der Waals surface area (Å²) in [6.45, 7) is 0. The third-order valence-corrected chi connectivity index (χ3v) is 4.07. The van der Waals surface area contributed by atoms with Crippen molar-refractivity contribution in [3.63, 3.8) is 0 Å². The van der Waals surface area contributed by atoms with Crippen molar-refractivity contribution in [2.75, 3.05) is 0 Å². The SMILES string of the molecule is Cl.N[C@H](CC(F)(F)F)c1c(Br)cc(Br)c(O)c1Br. The van der Waals surface area contributed by atoms with E-state index in [2.05, 4.69) is 47.8 Å². The molecule has 2 nitrogen and oxygen atoms in total. The molecule has 0 aliphatic heterocycles. The number of hydrogen-bond acceptors (Lipinski definition) is 2. The summed E-state index contributed by atoms with van der Waals surface area (Å²) in [6, 6.07) is 0.198. The van der Waals surface area contributed by atoms with E-state index in [-0.39, 0.29) is 28.2 Å². The van der Waals surface area contributed by atoms with Crippen molar-refractivity contribution in [1.82, 2.24) is 0 Å². The third-order valence-electron chi connectivity index (χ3n) is 2.00. The number of phenols is 1. The Morgan fingerprint density at radius 3 is 2.17 bits per heavy atom. The first-order valence-electron chi connectivity index (χ1n) is 4.32. The minimum Gasteiger partial charge on any atom is -0.506 e. The highest BCUT2D eigenvalue weighted by atomic mass is 79.9. The average Bonchev–Trinajstić information content (AvgIpc) is 2.11. The number of aromatic hydroxyl groups is 1. The van der Waals surface area contributed by atoms with Crippen LogP contribution in [0.3, 0.4) is 0 Å². The van der Waals surface area contributed by atoms with Crippen LogP contribution in [0, 0.1) is 0 Å². The zero-order valence-corrected chi connectivity index (χ0v) is 14.1. The molecule has 18 heavy (non-hydrogen) atoms. The average molecular weight is 478 g/mol. The molecule has 3 N–H and O–H groups in total. The standard InChI is InChI=1S/C9H7Br3F3NO.ClH/c10-3-1-4(11)8(17)7(12)6(3)5(16)2-9(13,14)15;/h1,5,17H,2,16H2;1H/t5-;/m1./s1. The van der Waals surface area contributed by atoms with Gasteiger partial charge >= 0.3 is 6.18 Å². The largest absolute Gasteiger partial charge is 0.506 e. The van der Waals surface area contributed by atoms with Crippen molar-refractivity contribution in [2.24, 2.45) is 5.73 Å². The Balaban J connectivity index is 0.00000289. The van der Waals surface area contributed by atoms with Gasteiger partial charge in [0.15, 0.2) is 0 Å². The van der Waals surface area contributed by atoms with E-state index >= 15 is 0 Å². The highest BCUT2D eigenvalue weighted by molar-refractivity contribution is 9.11. The third kappa shape index (κ3) is 4.56. The van der Waals surface area contributed by atoms with Crippen LogP contribution in [0.5, 0.6) is 5.75 Å². The van der Waals surface area contributed by atoms with Gasteiger partial charge in [0.2, 0.25) is 0 Å². The molecular weight excluding hydrogens is 470 g/mol. The minimum absolute atomic E-state index is 0. The quantitative estimate of drug-likeness (QED) is 0.625. The Hall–Kier alpha value is 0.500. The fourth-order valence-corrected chi connectivity index (χ4v) is 3.99. The smallest absolute Gasteiger partial charge is 0.390 e. The van der Waals surface area contributed by atoms with E-state index in [4.69, 9.17) is 5.73 Å². The molecule has 0 fully saturated rings. The van der Waals surface area contributed by atoms with Gasteiger partial charge in [-0.1, -0.05) is 15.9 Å². The van der Waals surface area contributed by atoms with Gasteiger partial charge in [-0.05, 0) is 37.9 Å². The molecule has 0 aliphatic rings. The summed E-state index contributed by atoms with van der Waals surface area (Å²) in [5.74, 6) is -0.180. The Morgan fingerprint density at radius 2 is 1.72 bits per heavy atom. The first-order valence-corrected chi connectivity index (χ1v) is 6.70. The molecular formula is C9H8Br3ClF3NO. The van der Waals surface area contributed by atoms with E-state index in [0.717, 1.165) is 0 Å². The predicted molar refractivity (Wildman–Crippen MR) is 76.1 cm³/mol. The molecule has 9 heteroatoms. The van der Waals surface area contributed by atoms with Gasteiger partial charge in [0.05, 0.1) is 15.4 Å². The van der Waals surface area contributed by atoms with Crippen LogP contribution >= 0.6 is 60.2 Å². The number of hydrogen-bond donors (Lipinski definition) is 2. The van der Waals surface area contributed by atoms with E-state index in [1.165, 1.54) is 6.07 Å². The van der Waals surface area contributed by atoms with Gasteiger partial charge in [-0.25, -0.2) is 0 Å². The number of benzene rings is 1. The molecule has 0 unspecified atom stereocenters. The molecule has 0 saturated carbocycles. The van der Waals surface area contributed by atoms with Crippen molar-refractivity contribution in [1.29, 1.82) is 0 Å². The number of nitrogens with two attached hydrogens (primary N) is 1. The van der Waals surface area contributed by atoms with Crippen LogP contribution in [0.1, 0.15) is 18.0 Å². The van der Waals surface area contributed by atoms with Crippen LogP contribution in [0.25, 0.3) is 0 Å². The van der Waals surface area contributed by atoms with Gasteiger partial charge in [-0.15, -0.1) is 12.4 Å². The summed E-state index contributed by atoms with van der Waals surface area (Å²) in [5, 5.41) is 9.61. The minimum atomic E-state index is -4.36. The summed E-state index contributed by atoms with van der Waals surface area (Å²) in [4.78, 5) is 0. The molecule has 1 atom stereocenters. The molecule has 0 saturated heterocycles. The predicted octanol–water partition coefficient (Wildman–Crippen LogP) is 5.05. The maximum Gasteiger partial charge on any atom is 0.390 e. The van der Waals surface area contributed by atoms with Gasteiger partial charge in [0, 0.05) is 16.1 Å². The summed E-state index contributed by atoms with van der Waals surface area (Å²) in [6.07, 6.45) is -5.52. The lowest BCUT2D eigenvalue weighted by Gasteiger charge is -2.18. The Kier molecular flexibility index (Phi) is 6.97. The van der Waals surface area contributed by atoms with Crippen LogP contribution in [-0.4, -0.2) is 11.3 Å². The van der Waals surface area contributed by atoms with Crippen molar-refractivity contribution in [3.8, 4) is 5.75 Å². The molecule has 0 aromatic heterocycles. The van der Waals surface area contributed by atoms with E-state index in [0.29, 0.717) is 8.95 Å². The van der Waals surface area contributed by atoms with Crippen molar-refractivity contribution in [3.05, 3.63) is 25.0 Å². The van der Waals surface area contributed by atoms with E-state index in [1.54, 1.807) is 0 Å². The second kappa shape index (κ2) is 6.78. The normalized spacial score (nSPS) is 13.1. The van der Waals surface area contributed by atoms with Gasteiger partial charge < -0.3 is 10.8 Å². The van der Waals surface area contributed by atoms with Crippen LogP contribution in [-0.2, 0) is 0 Å². The Labute approximate surface area is 133 Å². The highest BCUT2D eigenvalue weighted by Gasteiger charge is 2.33. The first kappa shape index (κ1) is 18.5. The topological polar surface area (TPSA) is 46.2 Å². The first-order chi connectivity index (χ1) is 7.63. The van der Waals surface area contributed by atoms with E-state index in [1.807, 2.05) is 0 Å². The van der Waals surface area contributed by atoms with Gasteiger partial charge in [-0.2, -0.15) is 13.2 Å². The van der Waals surface area contributed by atoms with Crippen LogP contribution in [0.4, 0.5) is 13.2 Å². The summed E-state index contributed by atoms with van der Waals surface area (Å²) >= 11 is 9.22. The highest BCUT2D eigenvalue weighted by Crippen LogP contribution is 2.43. The van der Waals surface area contributed by atoms with Gasteiger partial charge in [-0.3, -0.25) is 0 Å². The molecule has 0 amide bonds. The molecule has 0 heterocycles.